The van der Waals surface area contributed by atoms with Gasteiger partial charge >= 0.3 is 0 Å². The van der Waals surface area contributed by atoms with Crippen LogP contribution in [0.3, 0.4) is 0 Å². The molecule has 80 valence electrons. The third-order valence-electron chi connectivity index (χ3n) is 1.78. The highest BCUT2D eigenvalue weighted by atomic mass is 16.4. The second-order valence-electron chi connectivity index (χ2n) is 3.16. The summed E-state index contributed by atoms with van der Waals surface area (Å²) >= 11 is 0. The Morgan fingerprint density at radius 1 is 1.47 bits per heavy atom. The molecule has 0 atom stereocenters. The van der Waals surface area contributed by atoms with Gasteiger partial charge in [-0.05, 0) is 12.1 Å². The number of hydrogen-bond donors (Lipinski definition) is 1. The highest BCUT2D eigenvalue weighted by Gasteiger charge is 2.02. The maximum Gasteiger partial charge on any atom is 0.208 e. The summed E-state index contributed by atoms with van der Waals surface area (Å²) in [7, 11) is 1.73. The van der Waals surface area contributed by atoms with Gasteiger partial charge in [0.25, 0.3) is 0 Å². The minimum absolute atomic E-state index is 0.551. The molecule has 0 aliphatic heterocycles. The Labute approximate surface area is 86.5 Å². The zero-order valence-electron chi connectivity index (χ0n) is 8.64. The molecule has 0 unspecified atom stereocenters. The lowest BCUT2D eigenvalue weighted by Crippen LogP contribution is -2.14. The van der Waals surface area contributed by atoms with E-state index in [2.05, 4.69) is 25.7 Å². The average Bonchev–Trinajstić information content (AvgIpc) is 2.76. The molecule has 7 heteroatoms. The quantitative estimate of drug-likeness (QED) is 0.749. The third-order valence-corrected chi connectivity index (χ3v) is 1.78. The number of oxazole rings is 1. The zero-order valence-corrected chi connectivity index (χ0v) is 8.64. The van der Waals surface area contributed by atoms with Gasteiger partial charge in [0, 0.05) is 0 Å². The first-order valence-corrected chi connectivity index (χ1v) is 4.59. The Morgan fingerprint density at radius 3 is 2.93 bits per heavy atom. The summed E-state index contributed by atoms with van der Waals surface area (Å²) in [6.07, 6.45) is 1.69. The van der Waals surface area contributed by atoms with Gasteiger partial charge in [-0.15, -0.1) is 10.2 Å². The van der Waals surface area contributed by atoms with Gasteiger partial charge in [0.2, 0.25) is 5.89 Å². The smallest absolute Gasteiger partial charge is 0.208 e. The van der Waals surface area contributed by atoms with E-state index < -0.39 is 0 Å². The molecule has 2 aromatic heterocycles. The number of nitrogens with one attached hydrogen (secondary N) is 1. The van der Waals surface area contributed by atoms with E-state index in [1.807, 2.05) is 6.92 Å². The van der Waals surface area contributed by atoms with Crippen molar-refractivity contribution >= 4 is 0 Å². The van der Waals surface area contributed by atoms with Crippen molar-refractivity contribution in [1.29, 1.82) is 0 Å². The van der Waals surface area contributed by atoms with E-state index in [0.717, 1.165) is 5.76 Å². The fourth-order valence-electron chi connectivity index (χ4n) is 1.16. The predicted octanol–water partition coefficient (Wildman–Crippen LogP) is -0.204. The van der Waals surface area contributed by atoms with Crippen molar-refractivity contribution in [3.8, 4) is 0 Å². The molecular formula is C8H12N6O. The van der Waals surface area contributed by atoms with Crippen LogP contribution in [-0.4, -0.2) is 25.2 Å². The van der Waals surface area contributed by atoms with Gasteiger partial charge in [0.1, 0.15) is 5.76 Å². The summed E-state index contributed by atoms with van der Waals surface area (Å²) in [5.41, 5.74) is 0. The van der Waals surface area contributed by atoms with Crippen molar-refractivity contribution < 1.29 is 4.42 Å². The third kappa shape index (κ3) is 2.59. The number of aryl methyl sites for hydroxylation is 2. The summed E-state index contributed by atoms with van der Waals surface area (Å²) in [6, 6.07) is 0. The molecule has 0 bridgehead atoms. The molecule has 7 nitrogen and oxygen atoms in total. The molecule has 0 saturated carbocycles. The van der Waals surface area contributed by atoms with Gasteiger partial charge in [-0.3, -0.25) is 0 Å². The molecule has 0 aliphatic rings. The van der Waals surface area contributed by atoms with Crippen LogP contribution in [0, 0.1) is 6.92 Å². The summed E-state index contributed by atoms with van der Waals surface area (Å²) in [5.74, 6) is 2.13. The molecule has 0 spiro atoms. The van der Waals surface area contributed by atoms with Gasteiger partial charge < -0.3 is 9.73 Å². The molecule has 2 heterocycles. The van der Waals surface area contributed by atoms with Crippen LogP contribution in [0.4, 0.5) is 0 Å². The molecule has 0 fully saturated rings. The van der Waals surface area contributed by atoms with Crippen molar-refractivity contribution in [3.63, 3.8) is 0 Å². The summed E-state index contributed by atoms with van der Waals surface area (Å²) in [5, 5.41) is 14.7. The van der Waals surface area contributed by atoms with Crippen LogP contribution in [0.15, 0.2) is 10.6 Å². The molecule has 0 amide bonds. The van der Waals surface area contributed by atoms with E-state index in [1.54, 1.807) is 13.2 Å². The van der Waals surface area contributed by atoms with E-state index in [4.69, 9.17) is 4.42 Å². The molecule has 0 aromatic carbocycles. The highest BCUT2D eigenvalue weighted by Crippen LogP contribution is 2.00. The molecule has 15 heavy (non-hydrogen) atoms. The van der Waals surface area contributed by atoms with E-state index in [0.29, 0.717) is 24.8 Å². The van der Waals surface area contributed by atoms with Gasteiger partial charge in [-0.2, -0.15) is 4.80 Å². The number of rotatable bonds is 4. The van der Waals surface area contributed by atoms with E-state index >= 15 is 0 Å². The van der Waals surface area contributed by atoms with E-state index in [1.165, 1.54) is 4.80 Å². The minimum Gasteiger partial charge on any atom is -0.445 e. The molecule has 2 aromatic rings. The number of hydrogen-bond acceptors (Lipinski definition) is 6. The van der Waals surface area contributed by atoms with Crippen LogP contribution < -0.4 is 5.32 Å². The van der Waals surface area contributed by atoms with E-state index in [9.17, 15) is 0 Å². The summed E-state index contributed by atoms with van der Waals surface area (Å²) in [6.45, 7) is 2.97. The monoisotopic (exact) mass is 208 g/mol. The fourth-order valence-corrected chi connectivity index (χ4v) is 1.16. The van der Waals surface area contributed by atoms with Crippen LogP contribution in [0.1, 0.15) is 17.5 Å². The Bertz CT molecular complexity index is 394. The number of aromatic nitrogens is 5. The first kappa shape index (κ1) is 9.78. The summed E-state index contributed by atoms with van der Waals surface area (Å²) in [4.78, 5) is 5.48. The fraction of sp³-hybridized carbons (Fsp3) is 0.500. The van der Waals surface area contributed by atoms with Gasteiger partial charge in [-0.1, -0.05) is 0 Å². The Balaban J connectivity index is 1.80. The molecule has 0 radical (unpaired) electrons. The van der Waals surface area contributed by atoms with Crippen molar-refractivity contribution in [2.75, 3.05) is 0 Å². The number of nitrogens with zero attached hydrogens (tertiary/aromatic N) is 5. The lowest BCUT2D eigenvalue weighted by molar-refractivity contribution is 0.447. The maximum atomic E-state index is 5.29. The van der Waals surface area contributed by atoms with Crippen LogP contribution in [0.25, 0.3) is 0 Å². The molecular weight excluding hydrogens is 196 g/mol. The van der Waals surface area contributed by atoms with E-state index in [-0.39, 0.29) is 0 Å². The first-order chi connectivity index (χ1) is 7.24. The maximum absolute atomic E-state index is 5.29. The van der Waals surface area contributed by atoms with Crippen LogP contribution in [-0.2, 0) is 20.1 Å². The zero-order chi connectivity index (χ0) is 10.7. The highest BCUT2D eigenvalue weighted by molar-refractivity contribution is 4.90. The van der Waals surface area contributed by atoms with Gasteiger partial charge in [0.05, 0.1) is 26.3 Å². The second-order valence-corrected chi connectivity index (χ2v) is 3.16. The van der Waals surface area contributed by atoms with Gasteiger partial charge in [-0.25, -0.2) is 4.98 Å². The number of tetrazole rings is 1. The van der Waals surface area contributed by atoms with Crippen molar-refractivity contribution in [2.45, 2.75) is 20.0 Å². The first-order valence-electron chi connectivity index (χ1n) is 4.59. The predicted molar refractivity (Wildman–Crippen MR) is 50.6 cm³/mol. The minimum atomic E-state index is 0.551. The van der Waals surface area contributed by atoms with Crippen molar-refractivity contribution in [3.05, 3.63) is 23.7 Å². The Kier molecular flexibility index (Phi) is 2.72. The standard InChI is InChI=1S/C8H12N6O/c1-6-3-10-8(15-6)5-9-4-7-11-13-14(2)12-7/h3,9H,4-5H2,1-2H3. The van der Waals surface area contributed by atoms with Crippen molar-refractivity contribution in [1.82, 2.24) is 30.5 Å². The van der Waals surface area contributed by atoms with Crippen molar-refractivity contribution in [2.24, 2.45) is 7.05 Å². The topological polar surface area (TPSA) is 81.7 Å². The SMILES string of the molecule is Cc1cnc(CNCc2nnn(C)n2)o1. The Morgan fingerprint density at radius 2 is 2.33 bits per heavy atom. The lowest BCUT2D eigenvalue weighted by atomic mass is 10.5. The average molecular weight is 208 g/mol. The molecule has 0 saturated heterocycles. The molecule has 0 aliphatic carbocycles. The van der Waals surface area contributed by atoms with Crippen LogP contribution in [0.5, 0.6) is 0 Å². The molecule has 2 rings (SSSR count). The van der Waals surface area contributed by atoms with Gasteiger partial charge in [0.15, 0.2) is 5.82 Å². The molecule has 1 N–H and O–H groups in total. The second kappa shape index (κ2) is 4.18. The van der Waals surface area contributed by atoms with Crippen LogP contribution in [0.2, 0.25) is 0 Å². The van der Waals surface area contributed by atoms with Crippen LogP contribution >= 0.6 is 0 Å². The Hall–Kier alpha value is -1.76. The normalized spacial score (nSPS) is 10.8. The lowest BCUT2D eigenvalue weighted by Gasteiger charge is -1.96. The largest absolute Gasteiger partial charge is 0.445 e. The summed E-state index contributed by atoms with van der Waals surface area (Å²) < 4.78 is 5.29.